The fourth-order valence-electron chi connectivity index (χ4n) is 2.98. The number of rotatable bonds is 5. The first kappa shape index (κ1) is 15.2. The van der Waals surface area contributed by atoms with Crippen LogP contribution in [0.1, 0.15) is 12.8 Å². The third kappa shape index (κ3) is 2.40. The second-order valence-corrected chi connectivity index (χ2v) is 5.81. The third-order valence-electron chi connectivity index (χ3n) is 4.17. The van der Waals surface area contributed by atoms with Gasteiger partial charge < -0.3 is 9.52 Å². The van der Waals surface area contributed by atoms with Crippen molar-refractivity contribution in [2.24, 2.45) is 0 Å². The fraction of sp³-hybridized carbons (Fsp3) is 0.167. The molecule has 0 aliphatic heterocycles. The smallest absolute Gasteiger partial charge is 0.303 e. The fourth-order valence-corrected chi connectivity index (χ4v) is 2.98. The molecule has 0 amide bonds. The van der Waals surface area contributed by atoms with Gasteiger partial charge in [-0.3, -0.25) is 14.2 Å². The summed E-state index contributed by atoms with van der Waals surface area (Å²) in [4.78, 5) is 27.5. The molecule has 0 spiro atoms. The Morgan fingerprint density at radius 3 is 2.76 bits per heavy atom. The molecule has 7 nitrogen and oxygen atoms in total. The van der Waals surface area contributed by atoms with Crippen LogP contribution < -0.4 is 11.0 Å². The molecule has 0 atom stereocenters. The van der Waals surface area contributed by atoms with Crippen molar-refractivity contribution in [2.45, 2.75) is 19.4 Å². The van der Waals surface area contributed by atoms with Crippen molar-refractivity contribution in [3.63, 3.8) is 0 Å². The number of aliphatic carboxylic acids is 1. The van der Waals surface area contributed by atoms with Gasteiger partial charge in [0.15, 0.2) is 0 Å². The molecule has 0 aliphatic rings. The average molecular weight is 337 g/mol. The third-order valence-corrected chi connectivity index (χ3v) is 4.17. The Morgan fingerprint density at radius 1 is 1.28 bits per heavy atom. The number of carboxylic acids is 1. The van der Waals surface area contributed by atoms with E-state index in [1.807, 2.05) is 30.3 Å². The van der Waals surface area contributed by atoms with Crippen molar-refractivity contribution in [3.8, 4) is 11.3 Å². The Morgan fingerprint density at radius 2 is 2.04 bits per heavy atom. The van der Waals surface area contributed by atoms with Gasteiger partial charge in [-0.05, 0) is 6.42 Å². The van der Waals surface area contributed by atoms with Crippen LogP contribution in [0.25, 0.3) is 34.8 Å². The molecule has 0 fully saturated rings. The van der Waals surface area contributed by atoms with Gasteiger partial charge in [0.1, 0.15) is 16.8 Å². The molecular formula is C18H15N3O4. The Bertz CT molecular complexity index is 1180. The van der Waals surface area contributed by atoms with Crippen LogP contribution in [0.5, 0.6) is 0 Å². The lowest BCUT2D eigenvalue weighted by Gasteiger charge is -1.99. The van der Waals surface area contributed by atoms with E-state index >= 15 is 0 Å². The van der Waals surface area contributed by atoms with Crippen LogP contribution in [0.4, 0.5) is 0 Å². The van der Waals surface area contributed by atoms with Crippen LogP contribution in [-0.4, -0.2) is 25.0 Å². The largest absolute Gasteiger partial charge is 0.481 e. The maximum Gasteiger partial charge on any atom is 0.303 e. The second kappa shape index (κ2) is 5.62. The summed E-state index contributed by atoms with van der Waals surface area (Å²) < 4.78 is 8.94. The number of hydrogen-bond acceptors (Lipinski definition) is 4. The average Bonchev–Trinajstić information content (AvgIpc) is 3.21. The number of carboxylic acid groups (broad SMARTS) is 1. The van der Waals surface area contributed by atoms with Gasteiger partial charge in [0.2, 0.25) is 11.4 Å². The molecule has 126 valence electrons. The minimum Gasteiger partial charge on any atom is -0.481 e. The number of hydrogen-bond donors (Lipinski definition) is 1. The van der Waals surface area contributed by atoms with Crippen molar-refractivity contribution in [3.05, 3.63) is 52.2 Å². The summed E-state index contributed by atoms with van der Waals surface area (Å²) in [7, 11) is 0. The lowest BCUT2D eigenvalue weighted by Crippen LogP contribution is -2.27. The summed E-state index contributed by atoms with van der Waals surface area (Å²) >= 11 is 0. The number of carbonyl (C=O) groups is 1. The van der Waals surface area contributed by atoms with Crippen molar-refractivity contribution < 1.29 is 14.3 Å². The first-order chi connectivity index (χ1) is 12.1. The van der Waals surface area contributed by atoms with Gasteiger partial charge in [0.25, 0.3) is 5.56 Å². The Labute approximate surface area is 141 Å². The Hall–Kier alpha value is -3.35. The molecule has 1 aromatic carbocycles. The molecule has 4 rings (SSSR count). The van der Waals surface area contributed by atoms with Crippen LogP contribution in [0, 0.1) is 0 Å². The summed E-state index contributed by atoms with van der Waals surface area (Å²) in [5.74, 6) is -0.228. The SMILES string of the molecule is C=c1n(CCCC(=O)O)c(=O)c2nc3cc(-c4ccccc4)oc3n12. The predicted octanol–water partition coefficient (Wildman–Crippen LogP) is 1.90. The normalized spacial score (nSPS) is 11.5. The van der Waals surface area contributed by atoms with E-state index in [1.165, 1.54) is 4.57 Å². The summed E-state index contributed by atoms with van der Waals surface area (Å²) in [5.41, 5.74) is 2.36. The highest BCUT2D eigenvalue weighted by Crippen LogP contribution is 2.27. The van der Waals surface area contributed by atoms with Crippen LogP contribution >= 0.6 is 0 Å². The lowest BCUT2D eigenvalue weighted by atomic mass is 10.2. The van der Waals surface area contributed by atoms with E-state index in [2.05, 4.69) is 11.6 Å². The number of nitrogens with zero attached hydrogens (tertiary/aromatic N) is 3. The molecule has 7 heteroatoms. The molecule has 0 bridgehead atoms. The molecule has 25 heavy (non-hydrogen) atoms. The van der Waals surface area contributed by atoms with E-state index in [0.29, 0.717) is 28.9 Å². The molecule has 1 N–H and O–H groups in total. The highest BCUT2D eigenvalue weighted by molar-refractivity contribution is 5.81. The van der Waals surface area contributed by atoms with E-state index in [9.17, 15) is 9.59 Å². The Kier molecular flexibility index (Phi) is 3.42. The van der Waals surface area contributed by atoms with Crippen molar-refractivity contribution in [2.75, 3.05) is 0 Å². The first-order valence-electron chi connectivity index (χ1n) is 7.87. The zero-order valence-corrected chi connectivity index (χ0v) is 13.3. The molecule has 3 aromatic heterocycles. The molecule has 0 aliphatic carbocycles. The summed E-state index contributed by atoms with van der Waals surface area (Å²) in [6, 6.07) is 11.4. The standard InChI is InChI=1S/C18H15N3O4/c1-11-20(9-5-8-15(22)23)17(24)16-19-13-10-14(25-18(13)21(11)16)12-6-3-2-4-7-12/h2-4,6-7,10H,1,5,8-9H2,(H,22,23). The van der Waals surface area contributed by atoms with E-state index in [-0.39, 0.29) is 24.2 Å². The van der Waals surface area contributed by atoms with Gasteiger partial charge in [0, 0.05) is 24.6 Å². The molecule has 0 saturated heterocycles. The summed E-state index contributed by atoms with van der Waals surface area (Å²) in [6.07, 6.45) is 0.342. The van der Waals surface area contributed by atoms with Gasteiger partial charge in [-0.25, -0.2) is 9.38 Å². The van der Waals surface area contributed by atoms with Gasteiger partial charge in [-0.1, -0.05) is 36.9 Å². The molecular weight excluding hydrogens is 322 g/mol. The van der Waals surface area contributed by atoms with E-state index in [0.717, 1.165) is 5.56 Å². The molecule has 3 heterocycles. The van der Waals surface area contributed by atoms with Crippen molar-refractivity contribution >= 4 is 29.4 Å². The molecule has 0 saturated carbocycles. The summed E-state index contributed by atoms with van der Waals surface area (Å²) in [6.45, 7) is 4.23. The van der Waals surface area contributed by atoms with Crippen molar-refractivity contribution in [1.29, 1.82) is 0 Å². The molecule has 0 unspecified atom stereocenters. The van der Waals surface area contributed by atoms with Crippen LogP contribution in [0.3, 0.4) is 0 Å². The molecule has 0 radical (unpaired) electrons. The first-order valence-corrected chi connectivity index (χ1v) is 7.87. The number of fused-ring (bicyclic) bond motifs is 3. The van der Waals surface area contributed by atoms with Gasteiger partial charge in [0.05, 0.1) is 0 Å². The van der Waals surface area contributed by atoms with Crippen LogP contribution in [-0.2, 0) is 11.3 Å². The van der Waals surface area contributed by atoms with E-state index < -0.39 is 5.97 Å². The lowest BCUT2D eigenvalue weighted by molar-refractivity contribution is -0.137. The quantitative estimate of drug-likeness (QED) is 0.601. The van der Waals surface area contributed by atoms with Crippen LogP contribution in [0.15, 0.2) is 45.6 Å². The Balaban J connectivity index is 1.81. The van der Waals surface area contributed by atoms with Crippen LogP contribution in [0.2, 0.25) is 0 Å². The topological polar surface area (TPSA) is 89.7 Å². The minimum atomic E-state index is -0.893. The number of benzene rings is 1. The molecule has 4 aromatic rings. The van der Waals surface area contributed by atoms with E-state index in [1.54, 1.807) is 10.5 Å². The number of furan rings is 1. The van der Waals surface area contributed by atoms with Gasteiger partial charge in [-0.2, -0.15) is 0 Å². The zero-order chi connectivity index (χ0) is 17.6. The number of aromatic nitrogens is 3. The number of imidazole rings is 2. The predicted molar refractivity (Wildman–Crippen MR) is 92.3 cm³/mol. The monoisotopic (exact) mass is 337 g/mol. The summed E-state index contributed by atoms with van der Waals surface area (Å²) in [5, 5.41) is 8.75. The minimum absolute atomic E-state index is 0.00626. The maximum atomic E-state index is 12.5. The maximum absolute atomic E-state index is 12.5. The van der Waals surface area contributed by atoms with Gasteiger partial charge >= 0.3 is 5.97 Å². The van der Waals surface area contributed by atoms with Crippen molar-refractivity contribution in [1.82, 2.24) is 14.0 Å². The zero-order valence-electron chi connectivity index (χ0n) is 13.3. The van der Waals surface area contributed by atoms with Gasteiger partial charge in [-0.15, -0.1) is 0 Å². The van der Waals surface area contributed by atoms with E-state index in [4.69, 9.17) is 9.52 Å². The highest BCUT2D eigenvalue weighted by Gasteiger charge is 2.19. The highest BCUT2D eigenvalue weighted by atomic mass is 16.4. The second-order valence-electron chi connectivity index (χ2n) is 5.81.